The molecule has 0 aliphatic rings. The topological polar surface area (TPSA) is 101 Å². The van der Waals surface area contributed by atoms with Crippen LogP contribution >= 0.6 is 0 Å². The highest BCUT2D eigenvalue weighted by molar-refractivity contribution is 5.70. The number of imidazole rings is 1. The van der Waals surface area contributed by atoms with E-state index in [4.69, 9.17) is 0 Å². The Morgan fingerprint density at radius 3 is 3.11 bits per heavy atom. The molecule has 19 heavy (non-hydrogen) atoms. The van der Waals surface area contributed by atoms with E-state index in [2.05, 4.69) is 30.2 Å². The third-order valence-corrected chi connectivity index (χ3v) is 2.62. The Kier molecular flexibility index (Phi) is 2.67. The van der Waals surface area contributed by atoms with Crippen LogP contribution in [0.3, 0.4) is 0 Å². The molecule has 0 saturated heterocycles. The van der Waals surface area contributed by atoms with Crippen LogP contribution in [0.1, 0.15) is 5.69 Å². The molecule has 0 saturated carbocycles. The van der Waals surface area contributed by atoms with Crippen molar-refractivity contribution >= 4 is 17.1 Å². The summed E-state index contributed by atoms with van der Waals surface area (Å²) in [5.41, 5.74) is 1.92. The molecule has 0 bridgehead atoms. The number of nitrogens with zero attached hydrogens (tertiary/aromatic N) is 5. The van der Waals surface area contributed by atoms with E-state index in [1.165, 1.54) is 12.4 Å². The standard InChI is InChI=1S/C11H11N7O/c1-18-6-16-8-4-13-11(17-10(8)18)12-3-7-2-9(19)15-5-14-7/h2,4-6H,3H2,1H3,(H,12,13,17)(H,14,15,19). The van der Waals surface area contributed by atoms with Gasteiger partial charge in [-0.05, 0) is 0 Å². The highest BCUT2D eigenvalue weighted by Crippen LogP contribution is 2.09. The van der Waals surface area contributed by atoms with Crippen molar-refractivity contribution in [1.29, 1.82) is 0 Å². The molecule has 0 amide bonds. The van der Waals surface area contributed by atoms with Crippen LogP contribution in [0.25, 0.3) is 11.2 Å². The fourth-order valence-electron chi connectivity index (χ4n) is 1.68. The van der Waals surface area contributed by atoms with Crippen LogP contribution in [-0.2, 0) is 13.6 Å². The lowest BCUT2D eigenvalue weighted by molar-refractivity contribution is 0.922. The van der Waals surface area contributed by atoms with Crippen LogP contribution < -0.4 is 10.9 Å². The maximum Gasteiger partial charge on any atom is 0.250 e. The third kappa shape index (κ3) is 2.28. The zero-order chi connectivity index (χ0) is 13.2. The molecule has 0 fully saturated rings. The monoisotopic (exact) mass is 257 g/mol. The Balaban J connectivity index is 1.81. The Morgan fingerprint density at radius 1 is 1.37 bits per heavy atom. The highest BCUT2D eigenvalue weighted by atomic mass is 16.1. The van der Waals surface area contributed by atoms with Crippen molar-refractivity contribution in [1.82, 2.24) is 29.5 Å². The lowest BCUT2D eigenvalue weighted by atomic mass is 10.4. The van der Waals surface area contributed by atoms with E-state index in [1.807, 2.05) is 11.6 Å². The van der Waals surface area contributed by atoms with Crippen molar-refractivity contribution < 1.29 is 0 Å². The van der Waals surface area contributed by atoms with Gasteiger partial charge in [0.2, 0.25) is 5.95 Å². The largest absolute Gasteiger partial charge is 0.349 e. The number of nitrogens with one attached hydrogen (secondary N) is 2. The summed E-state index contributed by atoms with van der Waals surface area (Å²) in [4.78, 5) is 30.2. The summed E-state index contributed by atoms with van der Waals surface area (Å²) in [5, 5.41) is 3.02. The van der Waals surface area contributed by atoms with Crippen molar-refractivity contribution in [3.63, 3.8) is 0 Å². The molecule has 3 aromatic rings. The van der Waals surface area contributed by atoms with Crippen molar-refractivity contribution in [2.45, 2.75) is 6.54 Å². The molecule has 8 nitrogen and oxygen atoms in total. The molecule has 96 valence electrons. The summed E-state index contributed by atoms with van der Waals surface area (Å²) in [6.07, 6.45) is 4.70. The fourth-order valence-corrected chi connectivity index (χ4v) is 1.68. The third-order valence-electron chi connectivity index (χ3n) is 2.62. The second kappa shape index (κ2) is 4.48. The number of hydrogen-bond acceptors (Lipinski definition) is 6. The molecule has 3 rings (SSSR count). The van der Waals surface area contributed by atoms with Gasteiger partial charge in [-0.2, -0.15) is 4.98 Å². The number of hydrogen-bond donors (Lipinski definition) is 2. The van der Waals surface area contributed by atoms with Crippen molar-refractivity contribution in [2.24, 2.45) is 7.05 Å². The van der Waals surface area contributed by atoms with Gasteiger partial charge in [0.1, 0.15) is 5.52 Å². The average molecular weight is 257 g/mol. The van der Waals surface area contributed by atoms with Gasteiger partial charge in [-0.25, -0.2) is 15.0 Å². The van der Waals surface area contributed by atoms with E-state index >= 15 is 0 Å². The lowest BCUT2D eigenvalue weighted by Crippen LogP contribution is -2.11. The first-order chi connectivity index (χ1) is 9.22. The lowest BCUT2D eigenvalue weighted by Gasteiger charge is -2.03. The van der Waals surface area contributed by atoms with Crippen molar-refractivity contribution in [3.8, 4) is 0 Å². The van der Waals surface area contributed by atoms with Crippen LogP contribution in [-0.4, -0.2) is 29.5 Å². The van der Waals surface area contributed by atoms with E-state index in [0.717, 1.165) is 11.2 Å². The second-order valence-electron chi connectivity index (χ2n) is 4.01. The van der Waals surface area contributed by atoms with Gasteiger partial charge in [-0.3, -0.25) is 4.79 Å². The van der Waals surface area contributed by atoms with Gasteiger partial charge in [-0.1, -0.05) is 0 Å². The summed E-state index contributed by atoms with van der Waals surface area (Å²) in [5.74, 6) is 0.471. The first-order valence-corrected chi connectivity index (χ1v) is 5.64. The highest BCUT2D eigenvalue weighted by Gasteiger charge is 2.04. The number of H-pyrrole nitrogens is 1. The van der Waals surface area contributed by atoms with E-state index < -0.39 is 0 Å². The molecule has 0 spiro atoms. The quantitative estimate of drug-likeness (QED) is 0.688. The summed E-state index contributed by atoms with van der Waals surface area (Å²) in [7, 11) is 1.87. The molecular formula is C11H11N7O. The van der Waals surface area contributed by atoms with Gasteiger partial charge < -0.3 is 14.9 Å². The fraction of sp³-hybridized carbons (Fsp3) is 0.182. The predicted molar refractivity (Wildman–Crippen MR) is 68.5 cm³/mol. The first kappa shape index (κ1) is 11.3. The number of aromatic amines is 1. The minimum absolute atomic E-state index is 0.185. The Bertz CT molecular complexity index is 776. The van der Waals surface area contributed by atoms with Gasteiger partial charge in [0.05, 0.1) is 31.1 Å². The minimum atomic E-state index is -0.185. The van der Waals surface area contributed by atoms with Gasteiger partial charge in [0, 0.05) is 13.1 Å². The summed E-state index contributed by atoms with van der Waals surface area (Å²) >= 11 is 0. The molecule has 3 heterocycles. The minimum Gasteiger partial charge on any atom is -0.349 e. The smallest absolute Gasteiger partial charge is 0.250 e. The van der Waals surface area contributed by atoms with Crippen LogP contribution in [0.5, 0.6) is 0 Å². The normalized spacial score (nSPS) is 10.8. The second-order valence-corrected chi connectivity index (χ2v) is 4.01. The Labute approximate surface area is 107 Å². The molecule has 3 aromatic heterocycles. The number of anilines is 1. The van der Waals surface area contributed by atoms with E-state index in [1.54, 1.807) is 12.5 Å². The maximum atomic E-state index is 11.1. The SMILES string of the molecule is Cn1cnc2cnc(NCc3cc(=O)[nH]cn3)nc21. The van der Waals surface area contributed by atoms with Crippen molar-refractivity contribution in [2.75, 3.05) is 5.32 Å². The Morgan fingerprint density at radius 2 is 2.26 bits per heavy atom. The zero-order valence-electron chi connectivity index (χ0n) is 10.2. The van der Waals surface area contributed by atoms with Gasteiger partial charge in [-0.15, -0.1) is 0 Å². The summed E-state index contributed by atoms with van der Waals surface area (Å²) in [6.45, 7) is 0.382. The number of rotatable bonds is 3. The molecule has 0 aliphatic heterocycles. The van der Waals surface area contributed by atoms with Gasteiger partial charge >= 0.3 is 0 Å². The van der Waals surface area contributed by atoms with Crippen LogP contribution in [0.4, 0.5) is 5.95 Å². The maximum absolute atomic E-state index is 11.1. The van der Waals surface area contributed by atoms with Gasteiger partial charge in [0.25, 0.3) is 5.56 Å². The molecule has 0 aliphatic carbocycles. The number of aromatic nitrogens is 6. The molecule has 0 atom stereocenters. The van der Waals surface area contributed by atoms with E-state index in [9.17, 15) is 4.79 Å². The average Bonchev–Trinajstić information content (AvgIpc) is 2.78. The molecule has 0 unspecified atom stereocenters. The molecular weight excluding hydrogens is 246 g/mol. The molecule has 0 radical (unpaired) electrons. The summed E-state index contributed by atoms with van der Waals surface area (Å²) < 4.78 is 1.81. The molecule has 8 heteroatoms. The molecule has 2 N–H and O–H groups in total. The number of fused-ring (bicyclic) bond motifs is 1. The zero-order valence-corrected chi connectivity index (χ0v) is 10.2. The Hall–Kier alpha value is -2.77. The predicted octanol–water partition coefficient (Wildman–Crippen LogP) is 0.0587. The van der Waals surface area contributed by atoms with Crippen LogP contribution in [0.2, 0.25) is 0 Å². The van der Waals surface area contributed by atoms with E-state index in [0.29, 0.717) is 18.2 Å². The van der Waals surface area contributed by atoms with Crippen molar-refractivity contribution in [3.05, 3.63) is 41.0 Å². The van der Waals surface area contributed by atoms with Crippen LogP contribution in [0, 0.1) is 0 Å². The molecule has 0 aromatic carbocycles. The summed E-state index contributed by atoms with van der Waals surface area (Å²) in [6, 6.07) is 1.43. The van der Waals surface area contributed by atoms with E-state index in [-0.39, 0.29) is 5.56 Å². The first-order valence-electron chi connectivity index (χ1n) is 5.64. The number of aryl methyl sites for hydroxylation is 1. The van der Waals surface area contributed by atoms with Crippen LogP contribution in [0.15, 0.2) is 29.7 Å². The van der Waals surface area contributed by atoms with Gasteiger partial charge in [0.15, 0.2) is 5.65 Å².